The summed E-state index contributed by atoms with van der Waals surface area (Å²) in [6, 6.07) is 12.9. The fourth-order valence-corrected chi connectivity index (χ4v) is 4.13. The molecule has 11 heteroatoms. The van der Waals surface area contributed by atoms with E-state index >= 15 is 0 Å². The van der Waals surface area contributed by atoms with Gasteiger partial charge in [0.1, 0.15) is 10.8 Å². The second kappa shape index (κ2) is 11.9. The van der Waals surface area contributed by atoms with Crippen LogP contribution in [0.25, 0.3) is 0 Å². The van der Waals surface area contributed by atoms with Crippen molar-refractivity contribution in [3.05, 3.63) is 59.2 Å². The molecule has 4 rings (SSSR count). The molecule has 190 valence electrons. The molecular formula is C25H29ClN6O4. The van der Waals surface area contributed by atoms with E-state index in [4.69, 9.17) is 26.2 Å². The standard InChI is InChI=1S/C25H29ClN6O4/c1-35-22-15-17(32-11-9-31(10-12-32)13-14-33)7-8-21(22)29-25-27-16-19(26)23(30-25)28-20-6-4-3-5-18(20)24(34)36-2/h3-8,15-16,33H,9-14H2,1-2H3,(H2,27,28,29,30). The second-order valence-electron chi connectivity index (χ2n) is 8.11. The van der Waals surface area contributed by atoms with Gasteiger partial charge in [-0.15, -0.1) is 0 Å². The van der Waals surface area contributed by atoms with E-state index in [2.05, 4.69) is 30.4 Å². The van der Waals surface area contributed by atoms with E-state index in [9.17, 15) is 4.79 Å². The van der Waals surface area contributed by atoms with Gasteiger partial charge in [0.25, 0.3) is 0 Å². The number of carbonyl (C=O) groups is 1. The molecule has 1 aromatic heterocycles. The number of aromatic nitrogens is 2. The maximum Gasteiger partial charge on any atom is 0.339 e. The fourth-order valence-electron chi connectivity index (χ4n) is 3.99. The lowest BCUT2D eigenvalue weighted by molar-refractivity contribution is 0.0602. The van der Waals surface area contributed by atoms with Crippen LogP contribution in [0.3, 0.4) is 0 Å². The Morgan fingerprint density at radius 1 is 1.08 bits per heavy atom. The fraction of sp³-hybridized carbons (Fsp3) is 0.320. The van der Waals surface area contributed by atoms with E-state index in [-0.39, 0.29) is 6.61 Å². The quantitative estimate of drug-likeness (QED) is 0.368. The lowest BCUT2D eigenvalue weighted by atomic mass is 10.2. The van der Waals surface area contributed by atoms with Crippen molar-refractivity contribution in [3.8, 4) is 5.75 Å². The van der Waals surface area contributed by atoms with Gasteiger partial charge >= 0.3 is 5.97 Å². The molecule has 3 N–H and O–H groups in total. The molecule has 1 fully saturated rings. The topological polar surface area (TPSA) is 112 Å². The minimum atomic E-state index is -0.471. The number of ether oxygens (including phenoxy) is 2. The van der Waals surface area contributed by atoms with Gasteiger partial charge in [0.15, 0.2) is 5.82 Å². The van der Waals surface area contributed by atoms with E-state index in [0.29, 0.717) is 46.0 Å². The van der Waals surface area contributed by atoms with E-state index in [1.54, 1.807) is 31.4 Å². The maximum atomic E-state index is 12.1. The third-order valence-electron chi connectivity index (χ3n) is 5.91. The summed E-state index contributed by atoms with van der Waals surface area (Å²) in [6.45, 7) is 4.42. The molecule has 0 radical (unpaired) electrons. The molecule has 1 saturated heterocycles. The Hall–Kier alpha value is -3.60. The second-order valence-corrected chi connectivity index (χ2v) is 8.52. The minimum Gasteiger partial charge on any atom is -0.494 e. The number of aliphatic hydroxyl groups excluding tert-OH is 1. The third kappa shape index (κ3) is 5.96. The number of nitrogens with zero attached hydrogens (tertiary/aromatic N) is 4. The first-order valence-electron chi connectivity index (χ1n) is 11.5. The molecule has 36 heavy (non-hydrogen) atoms. The summed E-state index contributed by atoms with van der Waals surface area (Å²) in [7, 11) is 2.94. The number of halogens is 1. The Labute approximate surface area is 214 Å². The number of anilines is 5. The summed E-state index contributed by atoms with van der Waals surface area (Å²) in [5.41, 5.74) is 2.62. The summed E-state index contributed by atoms with van der Waals surface area (Å²) in [6.07, 6.45) is 1.48. The van der Waals surface area contributed by atoms with Crippen molar-refractivity contribution >= 4 is 46.4 Å². The monoisotopic (exact) mass is 512 g/mol. The van der Waals surface area contributed by atoms with E-state index in [1.807, 2.05) is 18.2 Å². The highest BCUT2D eigenvalue weighted by molar-refractivity contribution is 6.33. The zero-order valence-electron chi connectivity index (χ0n) is 20.2. The van der Waals surface area contributed by atoms with Crippen LogP contribution in [0.4, 0.5) is 28.8 Å². The molecule has 0 saturated carbocycles. The van der Waals surface area contributed by atoms with Crippen LogP contribution >= 0.6 is 11.6 Å². The highest BCUT2D eigenvalue weighted by Gasteiger charge is 2.19. The van der Waals surface area contributed by atoms with Crippen LogP contribution in [0.5, 0.6) is 5.75 Å². The number of hydrogen-bond donors (Lipinski definition) is 3. The Balaban J connectivity index is 1.51. The van der Waals surface area contributed by atoms with Crippen LogP contribution in [-0.2, 0) is 4.74 Å². The first kappa shape index (κ1) is 25.5. The zero-order chi connectivity index (χ0) is 25.5. The molecule has 2 aromatic carbocycles. The minimum absolute atomic E-state index is 0.177. The predicted molar refractivity (Wildman–Crippen MR) is 140 cm³/mol. The maximum absolute atomic E-state index is 12.1. The summed E-state index contributed by atoms with van der Waals surface area (Å²) in [5, 5.41) is 15.7. The van der Waals surface area contributed by atoms with Gasteiger partial charge in [-0.05, 0) is 24.3 Å². The average molecular weight is 513 g/mol. The molecule has 0 bridgehead atoms. The normalized spacial score (nSPS) is 13.8. The van der Waals surface area contributed by atoms with Gasteiger partial charge in [-0.2, -0.15) is 4.98 Å². The van der Waals surface area contributed by atoms with Crippen LogP contribution in [0.15, 0.2) is 48.7 Å². The molecular weight excluding hydrogens is 484 g/mol. The van der Waals surface area contributed by atoms with Gasteiger partial charge in [-0.25, -0.2) is 9.78 Å². The number of rotatable bonds is 9. The predicted octanol–water partition coefficient (Wildman–Crippen LogP) is 3.53. The first-order chi connectivity index (χ1) is 17.5. The molecule has 1 aliphatic heterocycles. The number of para-hydroxylation sites is 1. The lowest BCUT2D eigenvalue weighted by Gasteiger charge is -2.36. The van der Waals surface area contributed by atoms with Crippen molar-refractivity contribution in [1.29, 1.82) is 0 Å². The average Bonchev–Trinajstić information content (AvgIpc) is 2.91. The number of aliphatic hydroxyl groups is 1. The van der Waals surface area contributed by atoms with E-state index < -0.39 is 5.97 Å². The lowest BCUT2D eigenvalue weighted by Crippen LogP contribution is -2.47. The number of methoxy groups -OCH3 is 2. The first-order valence-corrected chi connectivity index (χ1v) is 11.9. The molecule has 2 heterocycles. The van der Waals surface area contributed by atoms with Crippen molar-refractivity contribution in [2.24, 2.45) is 0 Å². The van der Waals surface area contributed by atoms with Crippen LogP contribution in [0.1, 0.15) is 10.4 Å². The van der Waals surface area contributed by atoms with Crippen molar-refractivity contribution < 1.29 is 19.4 Å². The number of β-amino-alcohol motifs (C(OH)–C–C–N with tert-alkyl or cyclic N) is 1. The number of esters is 1. The van der Waals surface area contributed by atoms with Crippen LogP contribution in [0.2, 0.25) is 5.02 Å². The molecule has 0 spiro atoms. The Morgan fingerprint density at radius 2 is 1.86 bits per heavy atom. The Kier molecular flexibility index (Phi) is 8.42. The summed E-state index contributed by atoms with van der Waals surface area (Å²) >= 11 is 6.33. The number of hydrogen-bond acceptors (Lipinski definition) is 10. The summed E-state index contributed by atoms with van der Waals surface area (Å²) in [5.74, 6) is 0.818. The van der Waals surface area contributed by atoms with Crippen molar-refractivity contribution in [2.45, 2.75) is 0 Å². The molecule has 0 unspecified atom stereocenters. The van der Waals surface area contributed by atoms with Crippen LogP contribution in [-0.4, -0.2) is 79.5 Å². The van der Waals surface area contributed by atoms with Gasteiger partial charge in [-0.1, -0.05) is 23.7 Å². The molecule has 0 aliphatic carbocycles. The third-order valence-corrected chi connectivity index (χ3v) is 6.19. The zero-order valence-corrected chi connectivity index (χ0v) is 21.0. The van der Waals surface area contributed by atoms with E-state index in [0.717, 1.165) is 31.9 Å². The van der Waals surface area contributed by atoms with Gasteiger partial charge in [-0.3, -0.25) is 4.90 Å². The molecule has 3 aromatic rings. The largest absolute Gasteiger partial charge is 0.494 e. The highest BCUT2D eigenvalue weighted by atomic mass is 35.5. The number of nitrogens with one attached hydrogen (secondary N) is 2. The van der Waals surface area contributed by atoms with Crippen molar-refractivity contribution in [2.75, 3.05) is 69.1 Å². The van der Waals surface area contributed by atoms with Gasteiger partial charge in [0.05, 0.1) is 44.0 Å². The number of benzene rings is 2. The Bertz CT molecular complexity index is 1200. The molecule has 0 atom stereocenters. The smallest absolute Gasteiger partial charge is 0.339 e. The molecule has 0 amide bonds. The number of carbonyl (C=O) groups excluding carboxylic acids is 1. The SMILES string of the molecule is COC(=O)c1ccccc1Nc1nc(Nc2ccc(N3CCN(CCO)CC3)cc2OC)ncc1Cl. The van der Waals surface area contributed by atoms with Gasteiger partial charge < -0.3 is 30.1 Å². The van der Waals surface area contributed by atoms with Gasteiger partial charge in [0, 0.05) is 44.5 Å². The van der Waals surface area contributed by atoms with Crippen LogP contribution < -0.4 is 20.3 Å². The summed E-state index contributed by atoms with van der Waals surface area (Å²) < 4.78 is 10.5. The van der Waals surface area contributed by atoms with Crippen molar-refractivity contribution in [1.82, 2.24) is 14.9 Å². The number of piperazine rings is 1. The van der Waals surface area contributed by atoms with Crippen LogP contribution in [0, 0.1) is 0 Å². The van der Waals surface area contributed by atoms with Gasteiger partial charge in [0.2, 0.25) is 5.95 Å². The van der Waals surface area contributed by atoms with E-state index in [1.165, 1.54) is 13.3 Å². The molecule has 10 nitrogen and oxygen atoms in total. The molecule has 1 aliphatic rings. The Morgan fingerprint density at radius 3 is 2.58 bits per heavy atom. The highest BCUT2D eigenvalue weighted by Crippen LogP contribution is 2.33. The summed E-state index contributed by atoms with van der Waals surface area (Å²) in [4.78, 5) is 25.4. The van der Waals surface area contributed by atoms with Crippen molar-refractivity contribution in [3.63, 3.8) is 0 Å².